The second kappa shape index (κ2) is 3.87. The fourth-order valence-corrected chi connectivity index (χ4v) is 3.15. The molecule has 0 fully saturated rings. The van der Waals surface area contributed by atoms with Gasteiger partial charge in [-0.1, -0.05) is 35.8 Å². The Balaban J connectivity index is 1.78. The minimum Gasteiger partial charge on any atom is -0.316 e. The van der Waals surface area contributed by atoms with Crippen molar-refractivity contribution < 1.29 is 0 Å². The molecule has 2 nitrogen and oxygen atoms in total. The van der Waals surface area contributed by atoms with Gasteiger partial charge in [0.2, 0.25) is 7.28 Å². The maximum atomic E-state index is 4.81. The maximum Gasteiger partial charge on any atom is 0.235 e. The van der Waals surface area contributed by atoms with Crippen LogP contribution in [0.1, 0.15) is 25.7 Å². The first-order valence-corrected chi connectivity index (χ1v) is 6.77. The lowest BCUT2D eigenvalue weighted by Crippen LogP contribution is -2.19. The average Bonchev–Trinajstić information content (AvgIpc) is 2.97. The van der Waals surface area contributed by atoms with Gasteiger partial charge in [0.1, 0.15) is 0 Å². The van der Waals surface area contributed by atoms with Crippen molar-refractivity contribution in [3.63, 3.8) is 0 Å². The molecule has 88 valence electrons. The van der Waals surface area contributed by atoms with Crippen LogP contribution in [0.15, 0.2) is 42.0 Å². The van der Waals surface area contributed by atoms with E-state index in [0.717, 1.165) is 13.0 Å². The van der Waals surface area contributed by atoms with Crippen LogP contribution in [0.2, 0.25) is 0 Å². The summed E-state index contributed by atoms with van der Waals surface area (Å²) >= 11 is 0. The van der Waals surface area contributed by atoms with Crippen LogP contribution in [0.4, 0.5) is 0 Å². The zero-order valence-electron chi connectivity index (χ0n) is 10.4. The van der Waals surface area contributed by atoms with Gasteiger partial charge in [0.15, 0.2) is 0 Å². The highest BCUT2D eigenvalue weighted by Gasteiger charge is 2.26. The quantitative estimate of drug-likeness (QED) is 0.692. The SMILES string of the molecule is B1C2=C(CCCC2)n2cc(-c3ccccc3)nc21. The molecule has 3 heteroatoms. The van der Waals surface area contributed by atoms with Gasteiger partial charge < -0.3 is 4.57 Å². The van der Waals surface area contributed by atoms with Gasteiger partial charge in [0.25, 0.3) is 0 Å². The lowest BCUT2D eigenvalue weighted by Gasteiger charge is -2.14. The summed E-state index contributed by atoms with van der Waals surface area (Å²) in [7, 11) is 1.07. The predicted molar refractivity (Wildman–Crippen MR) is 76.1 cm³/mol. The van der Waals surface area contributed by atoms with Crippen LogP contribution in [-0.2, 0) is 0 Å². The molecule has 1 aromatic heterocycles. The molecule has 0 atom stereocenters. The van der Waals surface area contributed by atoms with E-state index in [-0.39, 0.29) is 0 Å². The second-order valence-corrected chi connectivity index (χ2v) is 5.21. The fourth-order valence-electron chi connectivity index (χ4n) is 3.15. The van der Waals surface area contributed by atoms with Crippen molar-refractivity contribution in [2.24, 2.45) is 0 Å². The van der Waals surface area contributed by atoms with Gasteiger partial charge in [-0.05, 0) is 25.7 Å². The molecule has 0 saturated heterocycles. The summed E-state index contributed by atoms with van der Waals surface area (Å²) in [5.41, 5.74) is 6.73. The fraction of sp³-hybridized carbons (Fsp3) is 0.267. The monoisotopic (exact) mass is 234 g/mol. The Labute approximate surface area is 108 Å². The summed E-state index contributed by atoms with van der Waals surface area (Å²) in [6, 6.07) is 10.5. The average molecular weight is 234 g/mol. The highest BCUT2D eigenvalue weighted by molar-refractivity contribution is 6.62. The Morgan fingerprint density at radius 1 is 1.06 bits per heavy atom. The van der Waals surface area contributed by atoms with Crippen LogP contribution in [-0.4, -0.2) is 16.8 Å². The highest BCUT2D eigenvalue weighted by atomic mass is 15.1. The number of fused-ring (bicyclic) bond motifs is 2. The Morgan fingerprint density at radius 2 is 1.89 bits per heavy atom. The van der Waals surface area contributed by atoms with Crippen molar-refractivity contribution in [1.29, 1.82) is 0 Å². The number of hydrogen-bond acceptors (Lipinski definition) is 1. The van der Waals surface area contributed by atoms with Gasteiger partial charge in [0, 0.05) is 17.5 Å². The summed E-state index contributed by atoms with van der Waals surface area (Å²) in [4.78, 5) is 4.81. The van der Waals surface area contributed by atoms with E-state index >= 15 is 0 Å². The van der Waals surface area contributed by atoms with Gasteiger partial charge in [0.05, 0.1) is 11.4 Å². The lowest BCUT2D eigenvalue weighted by atomic mass is 9.67. The topological polar surface area (TPSA) is 17.8 Å². The van der Waals surface area contributed by atoms with Crippen molar-refractivity contribution in [3.05, 3.63) is 42.0 Å². The van der Waals surface area contributed by atoms with Crippen LogP contribution in [0, 0.1) is 0 Å². The highest BCUT2D eigenvalue weighted by Crippen LogP contribution is 2.31. The van der Waals surface area contributed by atoms with Crippen LogP contribution in [0.5, 0.6) is 0 Å². The number of hydrogen-bond donors (Lipinski definition) is 0. The van der Waals surface area contributed by atoms with Crippen molar-refractivity contribution in [3.8, 4) is 11.3 Å². The zero-order valence-corrected chi connectivity index (χ0v) is 10.4. The number of nitrogens with zero attached hydrogens (tertiary/aromatic N) is 2. The normalized spacial score (nSPS) is 17.3. The molecule has 2 heterocycles. The molecule has 0 N–H and O–H groups in total. The molecule has 0 amide bonds. The van der Waals surface area contributed by atoms with Crippen LogP contribution >= 0.6 is 0 Å². The zero-order chi connectivity index (χ0) is 11.9. The predicted octanol–water partition coefficient (Wildman–Crippen LogP) is 2.37. The standard InChI is InChI=1S/C15H15BN2/c1-2-6-11(7-3-1)13-10-18-14-9-5-4-8-12(14)16-15(18)17-13/h1-3,6-7,10,16H,4-5,8-9H2. The van der Waals surface area contributed by atoms with E-state index in [4.69, 9.17) is 4.98 Å². The molecule has 1 aliphatic heterocycles. The molecule has 2 aromatic rings. The second-order valence-electron chi connectivity index (χ2n) is 5.21. The maximum absolute atomic E-state index is 4.81. The molecule has 18 heavy (non-hydrogen) atoms. The van der Waals surface area contributed by atoms with Crippen molar-refractivity contribution >= 4 is 18.7 Å². The summed E-state index contributed by atoms with van der Waals surface area (Å²) in [6.45, 7) is 0. The molecular weight excluding hydrogens is 219 g/mol. The number of allylic oxidation sites excluding steroid dienone is 2. The Kier molecular flexibility index (Phi) is 2.19. The molecule has 0 unspecified atom stereocenters. The van der Waals surface area contributed by atoms with E-state index in [9.17, 15) is 0 Å². The largest absolute Gasteiger partial charge is 0.316 e. The Morgan fingerprint density at radius 3 is 2.78 bits per heavy atom. The van der Waals surface area contributed by atoms with Crippen LogP contribution in [0.25, 0.3) is 17.0 Å². The molecule has 1 aromatic carbocycles. The number of rotatable bonds is 1. The van der Waals surface area contributed by atoms with Crippen molar-refractivity contribution in [2.75, 3.05) is 0 Å². The molecule has 4 rings (SSSR count). The van der Waals surface area contributed by atoms with E-state index in [2.05, 4.69) is 41.1 Å². The van der Waals surface area contributed by atoms with E-state index in [1.54, 1.807) is 5.47 Å². The van der Waals surface area contributed by atoms with E-state index in [1.807, 2.05) is 0 Å². The van der Waals surface area contributed by atoms with Gasteiger partial charge in [-0.2, -0.15) is 0 Å². The minimum atomic E-state index is 1.07. The summed E-state index contributed by atoms with van der Waals surface area (Å²) in [5, 5.41) is 0. The van der Waals surface area contributed by atoms with E-state index < -0.39 is 0 Å². The van der Waals surface area contributed by atoms with Crippen LogP contribution in [0.3, 0.4) is 0 Å². The van der Waals surface area contributed by atoms with Crippen molar-refractivity contribution in [2.45, 2.75) is 25.7 Å². The molecule has 1 aliphatic carbocycles. The third kappa shape index (κ3) is 1.47. The Hall–Kier alpha value is -1.77. The first-order valence-electron chi connectivity index (χ1n) is 6.77. The van der Waals surface area contributed by atoms with Gasteiger partial charge in [-0.3, -0.25) is 0 Å². The minimum absolute atomic E-state index is 1.07. The number of benzene rings is 1. The van der Waals surface area contributed by atoms with E-state index in [1.165, 1.54) is 42.7 Å². The number of imidazole rings is 1. The molecular formula is C15H15BN2. The lowest BCUT2D eigenvalue weighted by molar-refractivity contribution is 0.716. The molecule has 0 radical (unpaired) electrons. The van der Waals surface area contributed by atoms with Crippen LogP contribution < -0.4 is 5.72 Å². The molecule has 0 spiro atoms. The third-order valence-electron chi connectivity index (χ3n) is 4.06. The Bertz CT molecular complexity index is 625. The third-order valence-corrected chi connectivity index (χ3v) is 4.06. The smallest absolute Gasteiger partial charge is 0.235 e. The summed E-state index contributed by atoms with van der Waals surface area (Å²) < 4.78 is 2.34. The van der Waals surface area contributed by atoms with Gasteiger partial charge in [-0.25, -0.2) is 4.98 Å². The van der Waals surface area contributed by atoms with E-state index in [0.29, 0.717) is 0 Å². The molecule has 2 aliphatic rings. The summed E-state index contributed by atoms with van der Waals surface area (Å²) in [6.07, 6.45) is 7.41. The molecule has 0 saturated carbocycles. The van der Waals surface area contributed by atoms with Crippen molar-refractivity contribution in [1.82, 2.24) is 9.55 Å². The first kappa shape index (κ1) is 10.2. The number of aromatic nitrogens is 2. The van der Waals surface area contributed by atoms with Gasteiger partial charge >= 0.3 is 0 Å². The first-order chi connectivity index (χ1) is 8.92. The molecule has 0 bridgehead atoms. The van der Waals surface area contributed by atoms with Gasteiger partial charge in [-0.15, -0.1) is 0 Å². The summed E-state index contributed by atoms with van der Waals surface area (Å²) in [5.74, 6) is 0.